The summed E-state index contributed by atoms with van der Waals surface area (Å²) in [6, 6.07) is 0. The van der Waals surface area contributed by atoms with Crippen LogP contribution in [0.15, 0.2) is 12.4 Å². The van der Waals surface area contributed by atoms with Crippen molar-refractivity contribution in [2.45, 2.75) is 52.6 Å². The molecule has 4 heteroatoms. The minimum Gasteiger partial charge on any atom is -0.336 e. The fourth-order valence-corrected chi connectivity index (χ4v) is 2.56. The van der Waals surface area contributed by atoms with Crippen LogP contribution in [0.5, 0.6) is 0 Å². The lowest BCUT2D eigenvalue weighted by atomic mass is 10.0. The van der Waals surface area contributed by atoms with E-state index in [1.54, 1.807) is 0 Å². The van der Waals surface area contributed by atoms with E-state index in [0.717, 1.165) is 31.1 Å². The summed E-state index contributed by atoms with van der Waals surface area (Å²) < 4.78 is 0. The second-order valence-electron chi connectivity index (χ2n) is 6.48. The lowest BCUT2D eigenvalue weighted by Crippen LogP contribution is -2.39. The van der Waals surface area contributed by atoms with Gasteiger partial charge in [0.05, 0.1) is 0 Å². The molecule has 1 aliphatic rings. The summed E-state index contributed by atoms with van der Waals surface area (Å²) >= 11 is 0. The van der Waals surface area contributed by atoms with Crippen molar-refractivity contribution in [1.29, 1.82) is 0 Å². The molecule has 0 aromatic carbocycles. The maximum absolute atomic E-state index is 4.53. The summed E-state index contributed by atoms with van der Waals surface area (Å²) in [7, 11) is 0. The van der Waals surface area contributed by atoms with Crippen molar-refractivity contribution in [1.82, 2.24) is 15.3 Å². The van der Waals surface area contributed by atoms with E-state index in [2.05, 4.69) is 47.9 Å². The Kier molecular flexibility index (Phi) is 4.40. The molecule has 19 heavy (non-hydrogen) atoms. The van der Waals surface area contributed by atoms with E-state index >= 15 is 0 Å². The number of hydrogen-bond donors (Lipinski definition) is 1. The van der Waals surface area contributed by atoms with Gasteiger partial charge in [-0.1, -0.05) is 13.8 Å². The van der Waals surface area contributed by atoms with Crippen molar-refractivity contribution >= 4 is 5.95 Å². The maximum atomic E-state index is 4.53. The number of hydrogen-bond acceptors (Lipinski definition) is 4. The normalized spacial score (nSPS) is 18.3. The van der Waals surface area contributed by atoms with Gasteiger partial charge in [-0.2, -0.15) is 0 Å². The van der Waals surface area contributed by atoms with E-state index < -0.39 is 0 Å². The van der Waals surface area contributed by atoms with Crippen LogP contribution in [0, 0.1) is 5.92 Å². The molecule has 1 aromatic rings. The first-order chi connectivity index (χ1) is 8.99. The second-order valence-corrected chi connectivity index (χ2v) is 6.48. The molecule has 2 rings (SSSR count). The van der Waals surface area contributed by atoms with Crippen molar-refractivity contribution in [2.75, 3.05) is 18.0 Å². The van der Waals surface area contributed by atoms with Crippen molar-refractivity contribution in [3.63, 3.8) is 0 Å². The molecule has 0 aliphatic carbocycles. The van der Waals surface area contributed by atoms with E-state index in [0.29, 0.717) is 5.92 Å². The van der Waals surface area contributed by atoms with Crippen LogP contribution in [-0.2, 0) is 6.54 Å². The molecule has 1 saturated heterocycles. The Balaban J connectivity index is 1.95. The third-order valence-electron chi connectivity index (χ3n) is 3.72. The average molecular weight is 262 g/mol. The Hall–Kier alpha value is -1.16. The van der Waals surface area contributed by atoms with Gasteiger partial charge in [0, 0.05) is 36.6 Å². The molecule has 0 saturated carbocycles. The maximum Gasteiger partial charge on any atom is 0.225 e. The first kappa shape index (κ1) is 14.3. The predicted molar refractivity (Wildman–Crippen MR) is 79.2 cm³/mol. The molecule has 1 fully saturated rings. The van der Waals surface area contributed by atoms with Gasteiger partial charge in [-0.25, -0.2) is 9.97 Å². The van der Waals surface area contributed by atoms with Crippen molar-refractivity contribution in [2.24, 2.45) is 5.92 Å². The quantitative estimate of drug-likeness (QED) is 0.885. The van der Waals surface area contributed by atoms with Gasteiger partial charge in [-0.15, -0.1) is 0 Å². The van der Waals surface area contributed by atoms with Gasteiger partial charge in [0.1, 0.15) is 0 Å². The Morgan fingerprint density at radius 1 is 1.32 bits per heavy atom. The lowest BCUT2D eigenvalue weighted by Gasteiger charge is -2.31. The summed E-state index contributed by atoms with van der Waals surface area (Å²) in [4.78, 5) is 11.4. The topological polar surface area (TPSA) is 41.1 Å². The Bertz CT molecular complexity index is 397. The van der Waals surface area contributed by atoms with E-state index in [1.807, 2.05) is 12.4 Å². The highest BCUT2D eigenvalue weighted by Crippen LogP contribution is 2.30. The van der Waals surface area contributed by atoms with Crippen molar-refractivity contribution in [3.05, 3.63) is 18.0 Å². The molecule has 106 valence electrons. The minimum absolute atomic E-state index is 0.192. The molecule has 1 N–H and O–H groups in total. The van der Waals surface area contributed by atoms with Crippen LogP contribution in [0.4, 0.5) is 5.95 Å². The number of nitrogens with one attached hydrogen (secondary N) is 1. The molecular weight excluding hydrogens is 236 g/mol. The Morgan fingerprint density at radius 2 is 2.00 bits per heavy atom. The molecule has 1 aromatic heterocycles. The molecular formula is C15H26N4. The van der Waals surface area contributed by atoms with Crippen LogP contribution in [-0.4, -0.2) is 28.6 Å². The Morgan fingerprint density at radius 3 is 2.53 bits per heavy atom. The van der Waals surface area contributed by atoms with Crippen LogP contribution >= 0.6 is 0 Å². The number of aromatic nitrogens is 2. The summed E-state index contributed by atoms with van der Waals surface area (Å²) in [5.74, 6) is 1.54. The number of anilines is 1. The molecule has 0 unspecified atom stereocenters. The summed E-state index contributed by atoms with van der Waals surface area (Å²) in [6.07, 6.45) is 6.34. The standard InChI is InChI=1S/C15H26N4/c1-12(2)8-16-9-13-10-17-14(18-11-13)19-7-5-6-15(19,3)4/h10-12,16H,5-9H2,1-4H3. The zero-order valence-corrected chi connectivity index (χ0v) is 12.6. The highest BCUT2D eigenvalue weighted by Gasteiger charge is 2.33. The molecule has 0 bridgehead atoms. The first-order valence-electron chi connectivity index (χ1n) is 7.28. The minimum atomic E-state index is 0.192. The molecule has 0 spiro atoms. The molecule has 0 amide bonds. The van der Waals surface area contributed by atoms with Crippen LogP contribution in [0.2, 0.25) is 0 Å². The van der Waals surface area contributed by atoms with Crippen LogP contribution in [0.25, 0.3) is 0 Å². The molecule has 0 radical (unpaired) electrons. The number of nitrogens with zero attached hydrogens (tertiary/aromatic N) is 3. The zero-order chi connectivity index (χ0) is 13.9. The summed E-state index contributed by atoms with van der Waals surface area (Å²) in [5.41, 5.74) is 1.35. The number of rotatable bonds is 5. The molecule has 1 aliphatic heterocycles. The van der Waals surface area contributed by atoms with Gasteiger partial charge in [0.2, 0.25) is 5.95 Å². The zero-order valence-electron chi connectivity index (χ0n) is 12.6. The first-order valence-corrected chi connectivity index (χ1v) is 7.28. The molecule has 4 nitrogen and oxygen atoms in total. The predicted octanol–water partition coefficient (Wildman–Crippen LogP) is 2.60. The van der Waals surface area contributed by atoms with E-state index in [9.17, 15) is 0 Å². The second kappa shape index (κ2) is 5.87. The van der Waals surface area contributed by atoms with Gasteiger partial charge in [0.15, 0.2) is 0 Å². The largest absolute Gasteiger partial charge is 0.336 e. The third-order valence-corrected chi connectivity index (χ3v) is 3.72. The fourth-order valence-electron chi connectivity index (χ4n) is 2.56. The van der Waals surface area contributed by atoms with Gasteiger partial charge in [-0.05, 0) is 39.2 Å². The Labute approximate surface area is 116 Å². The van der Waals surface area contributed by atoms with Crippen LogP contribution < -0.4 is 10.2 Å². The van der Waals surface area contributed by atoms with Gasteiger partial charge in [-0.3, -0.25) is 0 Å². The molecule has 2 heterocycles. The van der Waals surface area contributed by atoms with E-state index in [-0.39, 0.29) is 5.54 Å². The van der Waals surface area contributed by atoms with Crippen LogP contribution in [0.3, 0.4) is 0 Å². The SMILES string of the molecule is CC(C)CNCc1cnc(N2CCCC2(C)C)nc1. The smallest absolute Gasteiger partial charge is 0.225 e. The summed E-state index contributed by atoms with van der Waals surface area (Å²) in [5, 5.41) is 3.41. The highest BCUT2D eigenvalue weighted by atomic mass is 15.3. The monoisotopic (exact) mass is 262 g/mol. The van der Waals surface area contributed by atoms with Crippen LogP contribution in [0.1, 0.15) is 46.1 Å². The van der Waals surface area contributed by atoms with Gasteiger partial charge < -0.3 is 10.2 Å². The van der Waals surface area contributed by atoms with E-state index in [1.165, 1.54) is 12.8 Å². The lowest BCUT2D eigenvalue weighted by molar-refractivity contribution is 0.509. The van der Waals surface area contributed by atoms with Crippen molar-refractivity contribution < 1.29 is 0 Å². The highest BCUT2D eigenvalue weighted by molar-refractivity contribution is 5.36. The fraction of sp³-hybridized carbons (Fsp3) is 0.733. The van der Waals surface area contributed by atoms with E-state index in [4.69, 9.17) is 0 Å². The van der Waals surface area contributed by atoms with Gasteiger partial charge >= 0.3 is 0 Å². The average Bonchev–Trinajstić information content (AvgIpc) is 2.69. The third kappa shape index (κ3) is 3.66. The van der Waals surface area contributed by atoms with Gasteiger partial charge in [0.25, 0.3) is 0 Å². The van der Waals surface area contributed by atoms with Crippen molar-refractivity contribution in [3.8, 4) is 0 Å². The molecule has 0 atom stereocenters. The summed E-state index contributed by atoms with van der Waals surface area (Å²) in [6.45, 7) is 11.9.